The summed E-state index contributed by atoms with van der Waals surface area (Å²) in [6.45, 7) is 1.82. The van der Waals surface area contributed by atoms with Crippen molar-refractivity contribution in [3.8, 4) is 11.6 Å². The fourth-order valence-corrected chi connectivity index (χ4v) is 3.36. The third-order valence-corrected chi connectivity index (χ3v) is 5.20. The molecule has 8 heteroatoms. The molecule has 0 radical (unpaired) electrons. The molecule has 29 heavy (non-hydrogen) atoms. The topological polar surface area (TPSA) is 94.3 Å². The van der Waals surface area contributed by atoms with E-state index in [-0.39, 0.29) is 11.2 Å². The van der Waals surface area contributed by atoms with E-state index < -0.39 is 5.91 Å². The third kappa shape index (κ3) is 5.97. The van der Waals surface area contributed by atoms with Crippen LogP contribution in [0.4, 0.5) is 5.69 Å². The van der Waals surface area contributed by atoms with Crippen LogP contribution in [0.1, 0.15) is 17.3 Å². The Kier molecular flexibility index (Phi) is 6.74. The van der Waals surface area contributed by atoms with Crippen molar-refractivity contribution in [1.82, 2.24) is 4.98 Å². The summed E-state index contributed by atoms with van der Waals surface area (Å²) in [6, 6.07) is 17.1. The number of ether oxygens (including phenoxy) is 1. The van der Waals surface area contributed by atoms with Gasteiger partial charge in [0.15, 0.2) is 0 Å². The molecule has 3 aromatic rings. The number of halogens is 1. The first-order valence-electron chi connectivity index (χ1n) is 8.67. The molecule has 0 saturated carbocycles. The smallest absolute Gasteiger partial charge is 0.248 e. The Morgan fingerprint density at radius 2 is 1.90 bits per heavy atom. The van der Waals surface area contributed by atoms with Crippen molar-refractivity contribution in [3.05, 3.63) is 77.4 Å². The number of pyridine rings is 1. The van der Waals surface area contributed by atoms with E-state index in [1.807, 2.05) is 19.1 Å². The summed E-state index contributed by atoms with van der Waals surface area (Å²) >= 11 is 7.31. The molecule has 2 amide bonds. The third-order valence-electron chi connectivity index (χ3n) is 3.84. The van der Waals surface area contributed by atoms with Crippen LogP contribution in [0.15, 0.2) is 71.8 Å². The van der Waals surface area contributed by atoms with Crippen molar-refractivity contribution in [2.45, 2.75) is 17.1 Å². The number of hydrogen-bond donors (Lipinski definition) is 2. The van der Waals surface area contributed by atoms with Crippen molar-refractivity contribution < 1.29 is 14.3 Å². The van der Waals surface area contributed by atoms with Crippen LogP contribution in [-0.4, -0.2) is 22.0 Å². The molecule has 0 fully saturated rings. The molecule has 1 atom stereocenters. The first-order chi connectivity index (χ1) is 13.9. The van der Waals surface area contributed by atoms with Crippen molar-refractivity contribution >= 4 is 40.9 Å². The summed E-state index contributed by atoms with van der Waals surface area (Å²) in [4.78, 5) is 28.8. The van der Waals surface area contributed by atoms with Gasteiger partial charge in [-0.25, -0.2) is 4.98 Å². The van der Waals surface area contributed by atoms with Crippen LogP contribution in [0.5, 0.6) is 11.6 Å². The largest absolute Gasteiger partial charge is 0.439 e. The highest BCUT2D eigenvalue weighted by Gasteiger charge is 2.15. The van der Waals surface area contributed by atoms with Gasteiger partial charge in [0.2, 0.25) is 17.7 Å². The molecule has 1 heterocycles. The Balaban J connectivity index is 1.58. The van der Waals surface area contributed by atoms with Gasteiger partial charge < -0.3 is 15.8 Å². The number of nitrogens with two attached hydrogens (primary N) is 1. The Hall–Kier alpha value is -3.03. The molecule has 0 aliphatic carbocycles. The number of benzene rings is 2. The number of primary amides is 1. The monoisotopic (exact) mass is 427 g/mol. The Morgan fingerprint density at radius 1 is 1.14 bits per heavy atom. The second-order valence-corrected chi connectivity index (χ2v) is 7.93. The number of thioether (sulfide) groups is 1. The predicted molar refractivity (Wildman–Crippen MR) is 115 cm³/mol. The number of carbonyl (C=O) groups is 2. The van der Waals surface area contributed by atoms with Crippen LogP contribution < -0.4 is 15.8 Å². The molecule has 3 N–H and O–H groups in total. The standard InChI is InChI=1S/C21H18ClN3O3S/c1-13(29-18-8-5-15(22)6-9-18)21(27)25-16-7-10-19(24-12-16)28-17-4-2-3-14(11-17)20(23)26/h2-13H,1H3,(H2,23,26)(H,25,27). The quantitative estimate of drug-likeness (QED) is 0.531. The lowest BCUT2D eigenvalue weighted by Gasteiger charge is -2.12. The van der Waals surface area contributed by atoms with E-state index in [9.17, 15) is 9.59 Å². The van der Waals surface area contributed by atoms with E-state index in [4.69, 9.17) is 22.1 Å². The highest BCUT2D eigenvalue weighted by Crippen LogP contribution is 2.26. The van der Waals surface area contributed by atoms with E-state index >= 15 is 0 Å². The van der Waals surface area contributed by atoms with Crippen molar-refractivity contribution in [2.75, 3.05) is 5.32 Å². The zero-order valence-corrected chi connectivity index (χ0v) is 17.0. The van der Waals surface area contributed by atoms with E-state index in [0.29, 0.717) is 27.9 Å². The van der Waals surface area contributed by atoms with Crippen LogP contribution in [0, 0.1) is 0 Å². The van der Waals surface area contributed by atoms with Crippen LogP contribution in [0.25, 0.3) is 0 Å². The summed E-state index contributed by atoms with van der Waals surface area (Å²) in [5.41, 5.74) is 6.16. The van der Waals surface area contributed by atoms with E-state index in [1.165, 1.54) is 24.0 Å². The first kappa shape index (κ1) is 20.7. The second kappa shape index (κ2) is 9.45. The van der Waals surface area contributed by atoms with Crippen molar-refractivity contribution in [3.63, 3.8) is 0 Å². The SMILES string of the molecule is CC(Sc1ccc(Cl)cc1)C(=O)Nc1ccc(Oc2cccc(C(N)=O)c2)nc1. The lowest BCUT2D eigenvalue weighted by Crippen LogP contribution is -2.22. The maximum Gasteiger partial charge on any atom is 0.248 e. The summed E-state index contributed by atoms with van der Waals surface area (Å²) in [5, 5.41) is 3.18. The number of nitrogens with one attached hydrogen (secondary N) is 1. The Morgan fingerprint density at radius 3 is 2.55 bits per heavy atom. The minimum absolute atomic E-state index is 0.144. The van der Waals surface area contributed by atoms with E-state index in [0.717, 1.165) is 4.90 Å². The molecule has 0 bridgehead atoms. The van der Waals surface area contributed by atoms with Crippen molar-refractivity contribution in [2.24, 2.45) is 5.73 Å². The number of anilines is 1. The molecular weight excluding hydrogens is 410 g/mol. The normalized spacial score (nSPS) is 11.5. The highest BCUT2D eigenvalue weighted by atomic mass is 35.5. The summed E-state index contributed by atoms with van der Waals surface area (Å²) < 4.78 is 5.62. The Labute approximate surface area is 177 Å². The van der Waals surface area contributed by atoms with Gasteiger partial charge in [-0.2, -0.15) is 0 Å². The molecular formula is C21H18ClN3O3S. The van der Waals surface area contributed by atoms with Gasteiger partial charge in [-0.3, -0.25) is 9.59 Å². The maximum absolute atomic E-state index is 12.4. The van der Waals surface area contributed by atoms with Crippen molar-refractivity contribution in [1.29, 1.82) is 0 Å². The summed E-state index contributed by atoms with van der Waals surface area (Å²) in [7, 11) is 0. The summed E-state index contributed by atoms with van der Waals surface area (Å²) in [6.07, 6.45) is 1.50. The number of aromatic nitrogens is 1. The first-order valence-corrected chi connectivity index (χ1v) is 9.93. The molecule has 6 nitrogen and oxygen atoms in total. The van der Waals surface area contributed by atoms with E-state index in [2.05, 4.69) is 10.3 Å². The van der Waals surface area contributed by atoms with Gasteiger partial charge >= 0.3 is 0 Å². The number of rotatable bonds is 7. The Bertz CT molecular complexity index is 1010. The highest BCUT2D eigenvalue weighted by molar-refractivity contribution is 8.00. The number of amides is 2. The molecule has 1 aromatic heterocycles. The minimum atomic E-state index is -0.535. The lowest BCUT2D eigenvalue weighted by molar-refractivity contribution is -0.115. The van der Waals surface area contributed by atoms with Gasteiger partial charge in [0.25, 0.3) is 0 Å². The van der Waals surface area contributed by atoms with Crippen LogP contribution in [-0.2, 0) is 4.79 Å². The molecule has 148 valence electrons. The fraction of sp³-hybridized carbons (Fsp3) is 0.0952. The summed E-state index contributed by atoms with van der Waals surface area (Å²) in [5.74, 6) is 0.0911. The van der Waals surface area contributed by atoms with Gasteiger partial charge in [-0.1, -0.05) is 17.7 Å². The molecule has 0 aliphatic rings. The molecule has 3 rings (SSSR count). The number of hydrogen-bond acceptors (Lipinski definition) is 5. The molecule has 1 unspecified atom stereocenters. The van der Waals surface area contributed by atoms with Gasteiger partial charge in [-0.15, -0.1) is 11.8 Å². The van der Waals surface area contributed by atoms with Gasteiger partial charge in [0.05, 0.1) is 17.1 Å². The number of nitrogens with zero attached hydrogens (tertiary/aromatic N) is 1. The van der Waals surface area contributed by atoms with Gasteiger partial charge in [0.1, 0.15) is 5.75 Å². The van der Waals surface area contributed by atoms with Crippen LogP contribution in [0.3, 0.4) is 0 Å². The average Bonchev–Trinajstić information content (AvgIpc) is 2.71. The van der Waals surface area contributed by atoms with Gasteiger partial charge in [-0.05, 0) is 55.5 Å². The lowest BCUT2D eigenvalue weighted by atomic mass is 10.2. The number of carbonyl (C=O) groups excluding carboxylic acids is 2. The maximum atomic E-state index is 12.4. The zero-order valence-electron chi connectivity index (χ0n) is 15.5. The van der Waals surface area contributed by atoms with E-state index in [1.54, 1.807) is 42.5 Å². The predicted octanol–water partition coefficient (Wildman–Crippen LogP) is 4.75. The van der Waals surface area contributed by atoms with Crippen LogP contribution in [0.2, 0.25) is 5.02 Å². The molecule has 2 aromatic carbocycles. The fourth-order valence-electron chi connectivity index (χ4n) is 2.36. The van der Waals surface area contributed by atoms with Gasteiger partial charge in [0, 0.05) is 21.5 Å². The minimum Gasteiger partial charge on any atom is -0.439 e. The average molecular weight is 428 g/mol. The molecule has 0 aliphatic heterocycles. The zero-order chi connectivity index (χ0) is 20.8. The molecule has 0 spiro atoms. The molecule has 0 saturated heterocycles. The van der Waals surface area contributed by atoms with Crippen LogP contribution >= 0.6 is 23.4 Å². The second-order valence-electron chi connectivity index (χ2n) is 6.08.